The summed E-state index contributed by atoms with van der Waals surface area (Å²) in [4.78, 5) is 2.41. The highest BCUT2D eigenvalue weighted by Gasteiger charge is 2.54. The van der Waals surface area contributed by atoms with Gasteiger partial charge in [0.15, 0.2) is 0 Å². The molecule has 1 N–H and O–H groups in total. The molecule has 0 amide bonds. The van der Waals surface area contributed by atoms with Crippen LogP contribution < -0.4 is 10.2 Å². The molecule has 2 spiro atoms. The number of nitrogens with one attached hydrogen (secondary N) is 1. The topological polar surface area (TPSA) is 41.6 Å². The van der Waals surface area contributed by atoms with Crippen LogP contribution in [0.5, 0.6) is 0 Å². The molecule has 0 radical (unpaired) electrons. The van der Waals surface area contributed by atoms with E-state index >= 15 is 0 Å². The second-order valence-corrected chi connectivity index (χ2v) is 34.6. The number of nitrogens with zero attached hydrogens (tertiary/aromatic N) is 1. The van der Waals surface area contributed by atoms with Gasteiger partial charge in [-0.3, -0.25) is 0 Å². The Bertz CT molecular complexity index is 7590. The van der Waals surface area contributed by atoms with E-state index in [1.807, 2.05) is 30.3 Å². The van der Waals surface area contributed by atoms with Gasteiger partial charge in [0.2, 0.25) is 0 Å². The largest absolute Gasteiger partial charge is 0.456 e. The molecule has 0 bridgehead atoms. The van der Waals surface area contributed by atoms with Gasteiger partial charge in [0, 0.05) is 78.0 Å². The second-order valence-electron chi connectivity index (χ2n) is 34.2. The number of benzene rings is 18. The van der Waals surface area contributed by atoms with Crippen LogP contribution in [0.15, 0.2) is 409 Å². The summed E-state index contributed by atoms with van der Waals surface area (Å²) in [5.74, 6) is 0. The first kappa shape index (κ1) is 70.6. The molecule has 26 rings (SSSR count). The van der Waals surface area contributed by atoms with Crippen molar-refractivity contribution in [3.8, 4) is 89.0 Å². The van der Waals surface area contributed by atoms with Crippen LogP contribution in [-0.4, -0.2) is 0 Å². The van der Waals surface area contributed by atoms with E-state index in [0.29, 0.717) is 0 Å². The minimum absolute atomic E-state index is 0.0160. The lowest BCUT2D eigenvalue weighted by molar-refractivity contribution is 0.662. The summed E-state index contributed by atoms with van der Waals surface area (Å²) in [7, 11) is 0. The summed E-state index contributed by atoms with van der Waals surface area (Å²) < 4.78 is 12.7. The molecule has 6 aliphatic rings. The van der Waals surface area contributed by atoms with E-state index in [1.165, 1.54) is 156 Å². The average molecular weight is 1570 g/mol. The van der Waals surface area contributed by atoms with Gasteiger partial charge in [0.1, 0.15) is 22.3 Å². The molecular weight excluding hydrogens is 1490 g/mol. The van der Waals surface area contributed by atoms with Crippen molar-refractivity contribution in [2.24, 2.45) is 0 Å². The Morgan fingerprint density at radius 3 is 0.975 bits per heavy atom. The summed E-state index contributed by atoms with van der Waals surface area (Å²) in [6, 6.07) is 146. The summed E-state index contributed by atoms with van der Waals surface area (Å²) in [5.41, 5.74) is 45.3. The molecule has 4 nitrogen and oxygen atoms in total. The normalized spacial score (nSPS) is 14.3. The van der Waals surface area contributed by atoms with Gasteiger partial charge >= 0.3 is 0 Å². The van der Waals surface area contributed by atoms with E-state index < -0.39 is 5.41 Å². The van der Waals surface area contributed by atoms with E-state index in [2.05, 4.69) is 408 Å². The van der Waals surface area contributed by atoms with E-state index in [9.17, 15) is 0 Å². The molecule has 2 aromatic heterocycles. The number of anilines is 5. The molecule has 0 aliphatic heterocycles. The van der Waals surface area contributed by atoms with Gasteiger partial charge in [0.25, 0.3) is 0 Å². The lowest BCUT2D eigenvalue weighted by Crippen LogP contribution is -2.26. The van der Waals surface area contributed by atoms with Crippen molar-refractivity contribution in [3.63, 3.8) is 0 Å². The van der Waals surface area contributed by atoms with Crippen LogP contribution in [0.25, 0.3) is 133 Å². The first-order chi connectivity index (χ1) is 59.4. The molecular formula is C116H79ClN2O2. The molecule has 0 saturated heterocycles. The number of furan rings is 2. The molecule has 20 aromatic rings. The fourth-order valence-electron chi connectivity index (χ4n) is 22.3. The van der Waals surface area contributed by atoms with E-state index in [0.717, 1.165) is 77.3 Å². The third kappa shape index (κ3) is 10.3. The number of hydrogen-bond donors (Lipinski definition) is 1. The predicted molar refractivity (Wildman–Crippen MR) is 502 cm³/mol. The lowest BCUT2D eigenvalue weighted by Gasteiger charge is -2.32. The molecule has 121 heavy (non-hydrogen) atoms. The van der Waals surface area contributed by atoms with Crippen LogP contribution in [0, 0.1) is 0 Å². The zero-order valence-corrected chi connectivity index (χ0v) is 68.0. The first-order valence-electron chi connectivity index (χ1n) is 42.0. The maximum absolute atomic E-state index is 6.52. The van der Waals surface area contributed by atoms with Crippen molar-refractivity contribution in [1.82, 2.24) is 0 Å². The van der Waals surface area contributed by atoms with Gasteiger partial charge in [-0.1, -0.05) is 343 Å². The van der Waals surface area contributed by atoms with Crippen molar-refractivity contribution in [2.45, 2.75) is 49.4 Å². The first-order valence-corrected chi connectivity index (χ1v) is 42.4. The number of hydrogen-bond acceptors (Lipinski definition) is 4. The van der Waals surface area contributed by atoms with Crippen LogP contribution in [0.1, 0.15) is 94.5 Å². The zero-order valence-electron chi connectivity index (χ0n) is 67.2. The number of rotatable bonds is 7. The van der Waals surface area contributed by atoms with Gasteiger partial charge in [-0.15, -0.1) is 0 Å². The Morgan fingerprint density at radius 1 is 0.223 bits per heavy atom. The third-order valence-corrected chi connectivity index (χ3v) is 27.5. The molecule has 0 atom stereocenters. The van der Waals surface area contributed by atoms with Crippen LogP contribution in [-0.2, 0) is 21.7 Å². The lowest BCUT2D eigenvalue weighted by atomic mass is 9.70. The van der Waals surface area contributed by atoms with Gasteiger partial charge < -0.3 is 19.1 Å². The van der Waals surface area contributed by atoms with Crippen molar-refractivity contribution < 1.29 is 8.83 Å². The van der Waals surface area contributed by atoms with Gasteiger partial charge in [-0.2, -0.15) is 0 Å². The van der Waals surface area contributed by atoms with Crippen molar-refractivity contribution in [1.29, 1.82) is 0 Å². The highest BCUT2D eigenvalue weighted by Crippen LogP contribution is 2.66. The predicted octanol–water partition coefficient (Wildman–Crippen LogP) is 31.4. The molecule has 0 fully saturated rings. The fourth-order valence-corrected chi connectivity index (χ4v) is 22.4. The van der Waals surface area contributed by atoms with Gasteiger partial charge in [-0.25, -0.2) is 0 Å². The van der Waals surface area contributed by atoms with Gasteiger partial charge in [0.05, 0.1) is 10.8 Å². The minimum Gasteiger partial charge on any atom is -0.456 e. The van der Waals surface area contributed by atoms with Crippen LogP contribution in [0.3, 0.4) is 0 Å². The zero-order chi connectivity index (χ0) is 80.6. The van der Waals surface area contributed by atoms with Crippen molar-refractivity contribution in [3.05, 3.63) is 472 Å². The maximum Gasteiger partial charge on any atom is 0.137 e. The molecule has 18 aromatic carbocycles. The summed E-state index contributed by atoms with van der Waals surface area (Å²) in [6.45, 7) is 9.37. The van der Waals surface area contributed by atoms with Crippen LogP contribution in [0.4, 0.5) is 28.4 Å². The monoisotopic (exact) mass is 1570 g/mol. The SMILES string of the molecule is CC1(C)c2ccccc2-c2cccc(-c3ccc(Cl)cc3)c21.CC1(C)c2ccccc2-c2cccc(-c3ccc(N(c4ccc5c(c4)C4(c6ccccc6-c6ccccc64)c4ccccc4-5)c4ccc5c(c4)oc4ccccc45)cc3)c21.c1ccc2c(c1)-c1ccccc1C21c2ccccc2-c2ccc(Nc3ccc4c(c3)oc3ccccc34)cc21. The maximum atomic E-state index is 6.52. The van der Waals surface area contributed by atoms with Crippen LogP contribution >= 0.6 is 11.6 Å². The highest BCUT2D eigenvalue weighted by molar-refractivity contribution is 6.30. The smallest absolute Gasteiger partial charge is 0.137 e. The number of halogens is 1. The summed E-state index contributed by atoms with van der Waals surface area (Å²) in [6.07, 6.45) is 0. The second kappa shape index (κ2) is 26.7. The van der Waals surface area contributed by atoms with Gasteiger partial charge in [-0.05, 0) is 241 Å². The number of para-hydroxylation sites is 2. The molecule has 572 valence electrons. The Morgan fingerprint density at radius 2 is 0.521 bits per heavy atom. The quantitative estimate of drug-likeness (QED) is 0.173. The minimum atomic E-state index is -0.439. The Balaban J connectivity index is 0.000000116. The van der Waals surface area contributed by atoms with E-state index in [1.54, 1.807) is 0 Å². The Hall–Kier alpha value is -14.6. The Kier molecular flexibility index (Phi) is 15.6. The summed E-state index contributed by atoms with van der Waals surface area (Å²) >= 11 is 6.05. The molecule has 0 saturated carbocycles. The number of fused-ring (bicyclic) bond motifs is 32. The van der Waals surface area contributed by atoms with Crippen molar-refractivity contribution >= 4 is 83.9 Å². The molecule has 0 unspecified atom stereocenters. The molecule has 5 heteroatoms. The fraction of sp³-hybridized carbons (Fsp3) is 0.0690. The van der Waals surface area contributed by atoms with Crippen LogP contribution in [0.2, 0.25) is 5.02 Å². The molecule has 2 heterocycles. The summed E-state index contributed by atoms with van der Waals surface area (Å²) in [5, 5.41) is 9.00. The Labute approximate surface area is 708 Å². The highest BCUT2D eigenvalue weighted by atomic mass is 35.5. The van der Waals surface area contributed by atoms with E-state index in [-0.39, 0.29) is 16.2 Å². The standard InChI is InChI=1S/C58H39NO.C37H23NO.C21H17Cl/c1-57(2)49-21-8-3-17-44(49)48-20-13-19-40(56(48)57)36-26-28-37(29-27-36)59(39-31-33-47-46-18-7-12-25-54(46)60-55(47)35-39)38-30-32-45-43-16-6-11-24-52(43)58(53(45)34-38)50-22-9-4-14-41(50)42-15-5-10-23-51(42)58;1-5-13-31-25(9-1)26-10-2-6-14-32(26)37(31)33-15-7-3-11-27(33)28-19-17-23(21-34(28)37)38-24-18-20-30-29-12-4-8-16-35(29)39-36(30)22-24;1-21(2)19-9-4-3-6-17(19)18-8-5-7-16(20(18)21)14-10-12-15(22)13-11-14/h3-35H,1-2H3;1-22,38H;3-13H,1-2H3. The molecule has 6 aliphatic carbocycles. The van der Waals surface area contributed by atoms with Crippen molar-refractivity contribution in [2.75, 3.05) is 10.2 Å². The average Bonchev–Trinajstić information content (AvgIpc) is 1.51. The third-order valence-electron chi connectivity index (χ3n) is 27.3. The van der Waals surface area contributed by atoms with E-state index in [4.69, 9.17) is 20.4 Å².